The maximum atomic E-state index is 6.16. The number of ether oxygens (including phenoxy) is 1. The molecule has 0 saturated carbocycles. The summed E-state index contributed by atoms with van der Waals surface area (Å²) in [6, 6.07) is 5.32. The van der Waals surface area contributed by atoms with Crippen molar-refractivity contribution in [2.45, 2.75) is 13.3 Å². The SMILES string of the molecule is C/C(=N/NC(=S)NCCC[NH+]1CCOCC1)c1ccc(Cl)cc1Cl. The minimum atomic E-state index is 0.511. The Balaban J connectivity index is 1.69. The van der Waals surface area contributed by atoms with Gasteiger partial charge in [-0.2, -0.15) is 5.10 Å². The highest BCUT2D eigenvalue weighted by molar-refractivity contribution is 7.80. The molecular formula is C16H23Cl2N4OS+. The van der Waals surface area contributed by atoms with Gasteiger partial charge in [-0.15, -0.1) is 0 Å². The summed E-state index contributed by atoms with van der Waals surface area (Å²) >= 11 is 17.3. The highest BCUT2D eigenvalue weighted by atomic mass is 35.5. The number of nitrogens with one attached hydrogen (secondary N) is 3. The van der Waals surface area contributed by atoms with Crippen molar-refractivity contribution in [2.24, 2.45) is 5.10 Å². The number of quaternary nitrogens is 1. The minimum absolute atomic E-state index is 0.511. The van der Waals surface area contributed by atoms with Gasteiger partial charge in [0.2, 0.25) is 0 Å². The molecule has 0 bridgehead atoms. The van der Waals surface area contributed by atoms with E-state index in [9.17, 15) is 0 Å². The van der Waals surface area contributed by atoms with Crippen molar-refractivity contribution >= 4 is 46.2 Å². The normalized spacial score (nSPS) is 16.0. The monoisotopic (exact) mass is 389 g/mol. The van der Waals surface area contributed by atoms with E-state index in [0.717, 1.165) is 57.1 Å². The Bertz CT molecular complexity index is 591. The molecule has 0 atom stereocenters. The molecule has 3 N–H and O–H groups in total. The van der Waals surface area contributed by atoms with Crippen LogP contribution in [0.1, 0.15) is 18.9 Å². The van der Waals surface area contributed by atoms with E-state index in [1.807, 2.05) is 13.0 Å². The van der Waals surface area contributed by atoms with Crippen LogP contribution in [-0.2, 0) is 4.74 Å². The van der Waals surface area contributed by atoms with Crippen LogP contribution in [0, 0.1) is 0 Å². The van der Waals surface area contributed by atoms with E-state index in [2.05, 4.69) is 15.8 Å². The predicted molar refractivity (Wildman–Crippen MR) is 103 cm³/mol. The fourth-order valence-electron chi connectivity index (χ4n) is 2.47. The summed E-state index contributed by atoms with van der Waals surface area (Å²) in [6.45, 7) is 7.73. The molecule has 1 aliphatic heterocycles. The first-order valence-electron chi connectivity index (χ1n) is 8.01. The second kappa shape index (κ2) is 10.2. The summed E-state index contributed by atoms with van der Waals surface area (Å²) in [6.07, 6.45) is 1.06. The number of hydrogen-bond donors (Lipinski definition) is 3. The molecule has 2 rings (SSSR count). The number of thiocarbonyl (C=S) groups is 1. The largest absolute Gasteiger partial charge is 0.370 e. The fourth-order valence-corrected chi connectivity index (χ4v) is 3.16. The Labute approximate surface area is 158 Å². The molecule has 1 aromatic rings. The van der Waals surface area contributed by atoms with Gasteiger partial charge >= 0.3 is 0 Å². The average molecular weight is 390 g/mol. The molecular weight excluding hydrogens is 367 g/mol. The summed E-state index contributed by atoms with van der Waals surface area (Å²) in [5.41, 5.74) is 4.43. The Hall–Kier alpha value is -0.920. The smallest absolute Gasteiger partial charge is 0.186 e. The number of hydrogen-bond acceptors (Lipinski definition) is 3. The molecule has 1 saturated heterocycles. The first-order valence-corrected chi connectivity index (χ1v) is 9.17. The van der Waals surface area contributed by atoms with Crippen LogP contribution in [-0.4, -0.2) is 50.2 Å². The molecule has 0 spiro atoms. The fraction of sp³-hybridized carbons (Fsp3) is 0.500. The van der Waals surface area contributed by atoms with Gasteiger partial charge in [-0.25, -0.2) is 0 Å². The van der Waals surface area contributed by atoms with Crippen LogP contribution in [0.25, 0.3) is 0 Å². The van der Waals surface area contributed by atoms with Gasteiger partial charge < -0.3 is 15.0 Å². The minimum Gasteiger partial charge on any atom is -0.370 e. The maximum Gasteiger partial charge on any atom is 0.186 e. The number of halogens is 2. The summed E-state index contributed by atoms with van der Waals surface area (Å²) < 4.78 is 5.35. The molecule has 24 heavy (non-hydrogen) atoms. The third kappa shape index (κ3) is 6.53. The third-order valence-electron chi connectivity index (χ3n) is 3.84. The second-order valence-corrected chi connectivity index (χ2v) is 6.91. The van der Waals surface area contributed by atoms with E-state index in [4.69, 9.17) is 40.2 Å². The van der Waals surface area contributed by atoms with Crippen molar-refractivity contribution < 1.29 is 9.64 Å². The van der Waals surface area contributed by atoms with Crippen LogP contribution in [0.4, 0.5) is 0 Å². The van der Waals surface area contributed by atoms with Crippen LogP contribution in [0.3, 0.4) is 0 Å². The molecule has 132 valence electrons. The van der Waals surface area contributed by atoms with Crippen molar-refractivity contribution in [1.29, 1.82) is 0 Å². The lowest BCUT2D eigenvalue weighted by Crippen LogP contribution is -3.14. The van der Waals surface area contributed by atoms with E-state index in [1.54, 1.807) is 17.0 Å². The zero-order valence-corrected chi connectivity index (χ0v) is 16.0. The van der Waals surface area contributed by atoms with E-state index in [1.165, 1.54) is 0 Å². The van der Waals surface area contributed by atoms with Crippen LogP contribution < -0.4 is 15.6 Å². The lowest BCUT2D eigenvalue weighted by Gasteiger charge is -2.23. The van der Waals surface area contributed by atoms with Gasteiger partial charge in [0.1, 0.15) is 13.1 Å². The van der Waals surface area contributed by atoms with Gasteiger partial charge in [-0.3, -0.25) is 5.43 Å². The lowest BCUT2D eigenvalue weighted by atomic mass is 10.1. The Morgan fingerprint density at radius 2 is 2.08 bits per heavy atom. The molecule has 8 heteroatoms. The van der Waals surface area contributed by atoms with Crippen molar-refractivity contribution in [2.75, 3.05) is 39.4 Å². The van der Waals surface area contributed by atoms with Crippen LogP contribution >= 0.6 is 35.4 Å². The quantitative estimate of drug-likeness (QED) is 0.298. The van der Waals surface area contributed by atoms with Gasteiger partial charge in [0.25, 0.3) is 0 Å². The second-order valence-electron chi connectivity index (χ2n) is 5.66. The highest BCUT2D eigenvalue weighted by Crippen LogP contribution is 2.21. The van der Waals surface area contributed by atoms with E-state index in [-0.39, 0.29) is 0 Å². The summed E-state index contributed by atoms with van der Waals surface area (Å²) in [5, 5.41) is 9.11. The molecule has 5 nitrogen and oxygen atoms in total. The Kier molecular flexibility index (Phi) is 8.21. The van der Waals surface area contributed by atoms with Gasteiger partial charge in [0, 0.05) is 23.6 Å². The van der Waals surface area contributed by atoms with Crippen LogP contribution in [0.15, 0.2) is 23.3 Å². The van der Waals surface area contributed by atoms with Gasteiger partial charge in [-0.05, 0) is 31.3 Å². The van der Waals surface area contributed by atoms with Crippen molar-refractivity contribution in [1.82, 2.24) is 10.7 Å². The number of rotatable bonds is 6. The average Bonchev–Trinajstić information content (AvgIpc) is 2.57. The molecule has 0 aliphatic carbocycles. The summed E-state index contributed by atoms with van der Waals surface area (Å²) in [5.74, 6) is 0. The van der Waals surface area contributed by atoms with E-state index in [0.29, 0.717) is 15.2 Å². The topological polar surface area (TPSA) is 50.1 Å². The van der Waals surface area contributed by atoms with Crippen LogP contribution in [0.5, 0.6) is 0 Å². The Morgan fingerprint density at radius 1 is 1.33 bits per heavy atom. The van der Waals surface area contributed by atoms with E-state index < -0.39 is 0 Å². The molecule has 1 aliphatic rings. The van der Waals surface area contributed by atoms with Gasteiger partial charge in [-0.1, -0.05) is 29.3 Å². The number of hydrazone groups is 1. The number of morpholine rings is 1. The molecule has 0 amide bonds. The van der Waals surface area contributed by atoms with Crippen molar-refractivity contribution in [3.63, 3.8) is 0 Å². The highest BCUT2D eigenvalue weighted by Gasteiger charge is 2.12. The molecule has 1 heterocycles. The van der Waals surface area contributed by atoms with Crippen molar-refractivity contribution in [3.8, 4) is 0 Å². The standard InChI is InChI=1S/C16H22Cl2N4OS/c1-12(14-4-3-13(17)11-15(14)18)20-21-16(24)19-5-2-6-22-7-9-23-10-8-22/h3-4,11H,2,5-10H2,1H3,(H2,19,21,24)/p+1/b20-12-. The molecule has 0 radical (unpaired) electrons. The Morgan fingerprint density at radius 3 is 2.79 bits per heavy atom. The summed E-state index contributed by atoms with van der Waals surface area (Å²) in [7, 11) is 0. The molecule has 0 unspecified atom stereocenters. The zero-order chi connectivity index (χ0) is 17.4. The number of nitrogens with zero attached hydrogens (tertiary/aromatic N) is 1. The summed E-state index contributed by atoms with van der Waals surface area (Å²) in [4.78, 5) is 1.59. The lowest BCUT2D eigenvalue weighted by molar-refractivity contribution is -0.908. The van der Waals surface area contributed by atoms with Gasteiger partial charge in [0.15, 0.2) is 5.11 Å². The molecule has 1 fully saturated rings. The van der Waals surface area contributed by atoms with Crippen molar-refractivity contribution in [3.05, 3.63) is 33.8 Å². The molecule has 0 aromatic heterocycles. The predicted octanol–water partition coefficient (Wildman–Crippen LogP) is 1.49. The molecule has 1 aromatic carbocycles. The van der Waals surface area contributed by atoms with Gasteiger partial charge in [0.05, 0.1) is 30.5 Å². The van der Waals surface area contributed by atoms with Crippen LogP contribution in [0.2, 0.25) is 10.0 Å². The zero-order valence-electron chi connectivity index (χ0n) is 13.7. The third-order valence-corrected chi connectivity index (χ3v) is 4.62. The number of benzene rings is 1. The van der Waals surface area contributed by atoms with E-state index >= 15 is 0 Å². The first kappa shape index (κ1) is 19.4. The maximum absolute atomic E-state index is 6.16. The first-order chi connectivity index (χ1) is 11.6.